The van der Waals surface area contributed by atoms with Crippen molar-refractivity contribution in [3.63, 3.8) is 0 Å². The first-order valence-electron chi connectivity index (χ1n) is 11.4. The highest BCUT2D eigenvalue weighted by Gasteiger charge is 2.13. The second-order valence-electron chi connectivity index (χ2n) is 8.44. The van der Waals surface area contributed by atoms with Crippen LogP contribution < -0.4 is 10.1 Å². The molecular weight excluding hydrogens is 434 g/mol. The fourth-order valence-corrected chi connectivity index (χ4v) is 4.55. The van der Waals surface area contributed by atoms with Crippen LogP contribution in [0.2, 0.25) is 0 Å². The number of thiazole rings is 1. The van der Waals surface area contributed by atoms with Crippen molar-refractivity contribution in [1.82, 2.24) is 19.8 Å². The molecular formula is C25H31N5O2S. The lowest BCUT2D eigenvalue weighted by atomic mass is 10.1. The number of anilines is 1. The number of aryl methyl sites for hydroxylation is 1. The van der Waals surface area contributed by atoms with Gasteiger partial charge >= 0.3 is 0 Å². The highest BCUT2D eigenvalue weighted by Crippen LogP contribution is 2.25. The van der Waals surface area contributed by atoms with Gasteiger partial charge in [-0.05, 0) is 50.2 Å². The summed E-state index contributed by atoms with van der Waals surface area (Å²) in [5.41, 5.74) is 3.70. The minimum atomic E-state index is -0.0889. The van der Waals surface area contributed by atoms with Gasteiger partial charge in [0.2, 0.25) is 5.91 Å². The highest BCUT2D eigenvalue weighted by atomic mass is 32.1. The molecule has 7 nitrogen and oxygen atoms in total. The van der Waals surface area contributed by atoms with Gasteiger partial charge in [-0.2, -0.15) is 0 Å². The molecule has 1 N–H and O–H groups in total. The van der Waals surface area contributed by atoms with E-state index in [-0.39, 0.29) is 12.3 Å². The van der Waals surface area contributed by atoms with Gasteiger partial charge < -0.3 is 19.9 Å². The Morgan fingerprint density at radius 1 is 1.18 bits per heavy atom. The van der Waals surface area contributed by atoms with Gasteiger partial charge in [-0.15, -0.1) is 11.3 Å². The molecule has 1 aliphatic heterocycles. The van der Waals surface area contributed by atoms with Crippen molar-refractivity contribution in [3.05, 3.63) is 59.2 Å². The molecule has 0 bridgehead atoms. The fourth-order valence-electron chi connectivity index (χ4n) is 3.81. The number of nitrogens with zero attached hydrogens (tertiary/aromatic N) is 4. The van der Waals surface area contributed by atoms with Crippen LogP contribution in [0.4, 0.5) is 5.13 Å². The molecule has 3 heterocycles. The molecule has 0 atom stereocenters. The topological polar surface area (TPSA) is 70.6 Å². The summed E-state index contributed by atoms with van der Waals surface area (Å²) in [6.45, 7) is 8.22. The number of ether oxygens (including phenoxy) is 1. The number of rotatable bonds is 9. The van der Waals surface area contributed by atoms with Crippen molar-refractivity contribution in [1.29, 1.82) is 0 Å². The maximum absolute atomic E-state index is 12.5. The number of amides is 1. The number of hydrogen-bond acceptors (Lipinski definition) is 7. The molecule has 0 unspecified atom stereocenters. The van der Waals surface area contributed by atoms with E-state index < -0.39 is 0 Å². The molecule has 0 radical (unpaired) electrons. The van der Waals surface area contributed by atoms with Crippen LogP contribution in [0, 0.1) is 6.92 Å². The molecule has 1 aliphatic rings. The van der Waals surface area contributed by atoms with Gasteiger partial charge in [0.25, 0.3) is 0 Å². The third kappa shape index (κ3) is 7.08. The Morgan fingerprint density at radius 2 is 2.03 bits per heavy atom. The molecule has 0 spiro atoms. The average molecular weight is 466 g/mol. The molecule has 1 fully saturated rings. The normalized spacial score (nSPS) is 14.8. The zero-order valence-electron chi connectivity index (χ0n) is 19.3. The van der Waals surface area contributed by atoms with Crippen molar-refractivity contribution >= 4 is 22.4 Å². The minimum absolute atomic E-state index is 0.0889. The lowest BCUT2D eigenvalue weighted by molar-refractivity contribution is -0.115. The van der Waals surface area contributed by atoms with E-state index in [0.29, 0.717) is 11.7 Å². The number of hydrogen-bond donors (Lipinski definition) is 1. The quantitative estimate of drug-likeness (QED) is 0.486. The Kier molecular flexibility index (Phi) is 8.04. The van der Waals surface area contributed by atoms with E-state index in [1.54, 1.807) is 6.20 Å². The Labute approximate surface area is 199 Å². The standard InChI is InChI=1S/C25H31N5O2S/c1-19-15-21(7-8-26-19)23-18-33-25(27-23)28-24(31)17-20-5-3-6-22(16-20)32-14-4-9-30-12-10-29(2)11-13-30/h3,5-8,15-16,18H,4,9-14,17H2,1-2H3,(H,27,28,31). The van der Waals surface area contributed by atoms with Crippen molar-refractivity contribution in [2.75, 3.05) is 51.7 Å². The molecule has 0 aliphatic carbocycles. The predicted molar refractivity (Wildman–Crippen MR) is 133 cm³/mol. The third-order valence-corrected chi connectivity index (χ3v) is 6.45. The lowest BCUT2D eigenvalue weighted by Crippen LogP contribution is -2.44. The van der Waals surface area contributed by atoms with E-state index in [4.69, 9.17) is 4.74 Å². The first-order chi connectivity index (χ1) is 16.0. The van der Waals surface area contributed by atoms with Crippen LogP contribution in [0.5, 0.6) is 5.75 Å². The van der Waals surface area contributed by atoms with E-state index in [1.165, 1.54) is 11.3 Å². The van der Waals surface area contributed by atoms with Crippen LogP contribution in [0.1, 0.15) is 17.7 Å². The minimum Gasteiger partial charge on any atom is -0.494 e. The summed E-state index contributed by atoms with van der Waals surface area (Å²) in [6.07, 6.45) is 3.04. The third-order valence-electron chi connectivity index (χ3n) is 5.69. The summed E-state index contributed by atoms with van der Waals surface area (Å²) in [5, 5.41) is 5.45. The van der Waals surface area contributed by atoms with E-state index >= 15 is 0 Å². The maximum atomic E-state index is 12.5. The fraction of sp³-hybridized carbons (Fsp3) is 0.400. The molecule has 2 aromatic heterocycles. The Hall–Kier alpha value is -2.81. The van der Waals surface area contributed by atoms with Gasteiger partial charge in [0.15, 0.2) is 5.13 Å². The van der Waals surface area contributed by atoms with Crippen molar-refractivity contribution in [3.8, 4) is 17.0 Å². The van der Waals surface area contributed by atoms with E-state index in [1.807, 2.05) is 48.7 Å². The van der Waals surface area contributed by atoms with Crippen LogP contribution >= 0.6 is 11.3 Å². The van der Waals surface area contributed by atoms with Gasteiger partial charge in [-0.25, -0.2) is 4.98 Å². The summed E-state index contributed by atoms with van der Waals surface area (Å²) in [7, 11) is 2.17. The first kappa shape index (κ1) is 23.4. The van der Waals surface area contributed by atoms with Crippen molar-refractivity contribution in [2.24, 2.45) is 0 Å². The van der Waals surface area contributed by atoms with E-state index in [0.717, 1.165) is 67.4 Å². The van der Waals surface area contributed by atoms with E-state index in [9.17, 15) is 4.79 Å². The van der Waals surface area contributed by atoms with Gasteiger partial charge in [0.1, 0.15) is 5.75 Å². The first-order valence-corrected chi connectivity index (χ1v) is 12.2. The summed E-state index contributed by atoms with van der Waals surface area (Å²) in [4.78, 5) is 26.2. The number of nitrogens with one attached hydrogen (secondary N) is 1. The molecule has 8 heteroatoms. The lowest BCUT2D eigenvalue weighted by Gasteiger charge is -2.32. The van der Waals surface area contributed by atoms with Gasteiger partial charge in [-0.3, -0.25) is 9.78 Å². The summed E-state index contributed by atoms with van der Waals surface area (Å²) in [5.74, 6) is 0.720. The van der Waals surface area contributed by atoms with Gasteiger partial charge in [0.05, 0.1) is 18.7 Å². The second-order valence-corrected chi connectivity index (χ2v) is 9.30. The van der Waals surface area contributed by atoms with Crippen LogP contribution in [0.3, 0.4) is 0 Å². The van der Waals surface area contributed by atoms with Crippen LogP contribution in [0.25, 0.3) is 11.3 Å². The Bertz CT molecular complexity index is 1060. The molecule has 174 valence electrons. The SMILES string of the molecule is Cc1cc(-c2csc(NC(=O)Cc3cccc(OCCCN4CCN(C)CC4)c3)n2)ccn1. The number of carbonyl (C=O) groups is 1. The molecule has 3 aromatic rings. The molecule has 1 aromatic carbocycles. The maximum Gasteiger partial charge on any atom is 0.230 e. The van der Waals surface area contributed by atoms with Crippen molar-refractivity contribution in [2.45, 2.75) is 19.8 Å². The molecule has 0 saturated carbocycles. The summed E-state index contributed by atoms with van der Waals surface area (Å²) >= 11 is 1.42. The van der Waals surface area contributed by atoms with Crippen LogP contribution in [0.15, 0.2) is 48.0 Å². The van der Waals surface area contributed by atoms with Crippen LogP contribution in [-0.4, -0.2) is 72.1 Å². The molecule has 1 saturated heterocycles. The number of carbonyl (C=O) groups excluding carboxylic acids is 1. The highest BCUT2D eigenvalue weighted by molar-refractivity contribution is 7.14. The summed E-state index contributed by atoms with van der Waals surface area (Å²) < 4.78 is 5.94. The molecule has 33 heavy (non-hydrogen) atoms. The largest absolute Gasteiger partial charge is 0.494 e. The van der Waals surface area contributed by atoms with E-state index in [2.05, 4.69) is 32.1 Å². The summed E-state index contributed by atoms with van der Waals surface area (Å²) in [6, 6.07) is 11.7. The second kappa shape index (κ2) is 11.4. The number of piperazine rings is 1. The van der Waals surface area contributed by atoms with Crippen molar-refractivity contribution < 1.29 is 9.53 Å². The Balaban J connectivity index is 1.23. The monoisotopic (exact) mass is 465 g/mol. The molecule has 4 rings (SSSR count). The number of pyridine rings is 1. The van der Waals surface area contributed by atoms with Crippen LogP contribution in [-0.2, 0) is 11.2 Å². The predicted octanol–water partition coefficient (Wildman–Crippen LogP) is 3.71. The zero-order chi connectivity index (χ0) is 23.0. The van der Waals surface area contributed by atoms with Gasteiger partial charge in [-0.1, -0.05) is 12.1 Å². The number of benzene rings is 1. The zero-order valence-corrected chi connectivity index (χ0v) is 20.1. The Morgan fingerprint density at radius 3 is 2.85 bits per heavy atom. The smallest absolute Gasteiger partial charge is 0.230 e. The number of likely N-dealkylation sites (N-methyl/N-ethyl adjacent to an activating group) is 1. The number of aromatic nitrogens is 2. The average Bonchev–Trinajstić information content (AvgIpc) is 3.26. The molecule has 1 amide bonds. The van der Waals surface area contributed by atoms with Gasteiger partial charge in [0, 0.05) is 55.6 Å².